The van der Waals surface area contributed by atoms with Crippen molar-refractivity contribution in [1.29, 1.82) is 0 Å². The normalized spacial score (nSPS) is 13.1. The van der Waals surface area contributed by atoms with Gasteiger partial charge in [-0.05, 0) is 140 Å². The summed E-state index contributed by atoms with van der Waals surface area (Å²) in [7, 11) is 0. The molecule has 11 aromatic carbocycles. The molecular weight excluding hydrogens is 749 g/mol. The average Bonchev–Trinajstić information content (AvgIpc) is 3.81. The topological polar surface area (TPSA) is 13.1 Å². The van der Waals surface area contributed by atoms with Crippen LogP contribution >= 0.6 is 0 Å². The Morgan fingerprint density at radius 1 is 0.290 bits per heavy atom. The van der Waals surface area contributed by atoms with Crippen molar-refractivity contribution in [3.63, 3.8) is 0 Å². The second-order valence-corrected chi connectivity index (χ2v) is 17.5. The lowest BCUT2D eigenvalue weighted by molar-refractivity contribution is 0.666. The van der Waals surface area contributed by atoms with Crippen LogP contribution in [0.25, 0.3) is 121 Å². The van der Waals surface area contributed by atoms with Crippen molar-refractivity contribution in [2.75, 3.05) is 0 Å². The number of rotatable bonds is 4. The first-order valence-electron chi connectivity index (χ1n) is 21.7. The highest BCUT2D eigenvalue weighted by Crippen LogP contribution is 2.55. The fraction of sp³-hybridized carbons (Fsp3) is 0.0492. The van der Waals surface area contributed by atoms with Gasteiger partial charge in [0.15, 0.2) is 0 Å². The first-order valence-corrected chi connectivity index (χ1v) is 21.7. The SMILES string of the molecule is CC1(C)c2ccc(-c3ccc4oc5ccc(-c6c7ccccc7c(-c7ccc(-c8ccccc8)cc7)c7ccccc67)cc5c4c3)cc2-c2c1c1ccccc1c1ccccc21. The standard InChI is InChI=1S/C61H40O/c1-61(2)54-31-28-40(35-53(54)59-45-18-8-6-16-43(45)44-17-7-13-23-50(44)60(59)61)41-29-32-55-51(34-41)52-36-42(30-33-56(52)62-55)58-48-21-11-9-19-46(48)57(47-20-10-12-22-49(47)58)39-26-24-38(25-27-39)37-14-4-3-5-15-37/h3-36H,1-2H3. The minimum Gasteiger partial charge on any atom is -0.456 e. The first kappa shape index (κ1) is 35.1. The molecule has 0 spiro atoms. The van der Waals surface area contributed by atoms with Gasteiger partial charge in [-0.15, -0.1) is 0 Å². The van der Waals surface area contributed by atoms with Crippen LogP contribution < -0.4 is 0 Å². The van der Waals surface area contributed by atoms with Gasteiger partial charge in [-0.1, -0.05) is 190 Å². The van der Waals surface area contributed by atoms with Gasteiger partial charge in [0.25, 0.3) is 0 Å². The van der Waals surface area contributed by atoms with E-state index >= 15 is 0 Å². The monoisotopic (exact) mass is 788 g/mol. The predicted molar refractivity (Wildman–Crippen MR) is 263 cm³/mol. The van der Waals surface area contributed by atoms with Crippen molar-refractivity contribution >= 4 is 65.0 Å². The van der Waals surface area contributed by atoms with Gasteiger partial charge in [-0.2, -0.15) is 0 Å². The third-order valence-electron chi connectivity index (χ3n) is 13.8. The summed E-state index contributed by atoms with van der Waals surface area (Å²) >= 11 is 0. The van der Waals surface area contributed by atoms with Crippen LogP contribution in [0, 0.1) is 0 Å². The van der Waals surface area contributed by atoms with Gasteiger partial charge in [0.2, 0.25) is 0 Å². The second kappa shape index (κ2) is 13.1. The van der Waals surface area contributed by atoms with E-state index in [1.54, 1.807) is 0 Å². The van der Waals surface area contributed by atoms with E-state index in [0.29, 0.717) is 0 Å². The van der Waals surface area contributed by atoms with Crippen molar-refractivity contribution in [3.05, 3.63) is 217 Å². The van der Waals surface area contributed by atoms with E-state index in [9.17, 15) is 0 Å². The molecule has 12 aromatic rings. The predicted octanol–water partition coefficient (Wildman–Crippen LogP) is 17.2. The van der Waals surface area contributed by atoms with Crippen LogP contribution in [0.5, 0.6) is 0 Å². The van der Waals surface area contributed by atoms with Gasteiger partial charge >= 0.3 is 0 Å². The summed E-state index contributed by atoms with van der Waals surface area (Å²) in [6.07, 6.45) is 0. The second-order valence-electron chi connectivity index (χ2n) is 17.5. The molecule has 0 fully saturated rings. The fourth-order valence-corrected chi connectivity index (χ4v) is 11.0. The van der Waals surface area contributed by atoms with Crippen molar-refractivity contribution in [1.82, 2.24) is 0 Å². The molecule has 0 radical (unpaired) electrons. The molecule has 13 rings (SSSR count). The molecule has 0 amide bonds. The summed E-state index contributed by atoms with van der Waals surface area (Å²) in [5, 5.41) is 12.5. The number of fused-ring (bicyclic) bond motifs is 13. The largest absolute Gasteiger partial charge is 0.456 e. The zero-order valence-corrected chi connectivity index (χ0v) is 34.5. The highest BCUT2D eigenvalue weighted by molar-refractivity contribution is 6.23. The number of hydrogen-bond donors (Lipinski definition) is 0. The maximum absolute atomic E-state index is 6.56. The molecular formula is C61H40O. The number of furan rings is 1. The molecule has 1 aliphatic rings. The fourth-order valence-electron chi connectivity index (χ4n) is 11.0. The van der Waals surface area contributed by atoms with E-state index in [2.05, 4.69) is 220 Å². The Morgan fingerprint density at radius 3 is 1.31 bits per heavy atom. The molecule has 0 N–H and O–H groups in total. The molecule has 0 unspecified atom stereocenters. The van der Waals surface area contributed by atoms with E-state index in [4.69, 9.17) is 4.42 Å². The van der Waals surface area contributed by atoms with Crippen LogP contribution in [0.15, 0.2) is 211 Å². The van der Waals surface area contributed by atoms with Gasteiger partial charge in [-0.3, -0.25) is 0 Å². The Hall–Kier alpha value is -7.74. The maximum atomic E-state index is 6.56. The van der Waals surface area contributed by atoms with Gasteiger partial charge < -0.3 is 4.42 Å². The Bertz CT molecular complexity index is 3750. The van der Waals surface area contributed by atoms with E-state index < -0.39 is 0 Å². The maximum Gasteiger partial charge on any atom is 0.135 e. The molecule has 1 nitrogen and oxygen atoms in total. The molecule has 0 saturated heterocycles. The Kier molecular flexibility index (Phi) is 7.42. The molecule has 1 heteroatoms. The average molecular weight is 789 g/mol. The Balaban J connectivity index is 0.967. The van der Waals surface area contributed by atoms with Crippen LogP contribution in [0.2, 0.25) is 0 Å². The molecule has 62 heavy (non-hydrogen) atoms. The van der Waals surface area contributed by atoms with Crippen LogP contribution in [-0.4, -0.2) is 0 Å². The molecule has 1 heterocycles. The van der Waals surface area contributed by atoms with E-state index in [0.717, 1.165) is 21.9 Å². The Morgan fingerprint density at radius 2 is 0.694 bits per heavy atom. The van der Waals surface area contributed by atoms with Crippen LogP contribution in [0.3, 0.4) is 0 Å². The summed E-state index contributed by atoms with van der Waals surface area (Å²) in [6.45, 7) is 4.78. The Labute approximate surface area is 360 Å². The number of hydrogen-bond acceptors (Lipinski definition) is 1. The number of benzene rings is 11. The first-order chi connectivity index (χ1) is 30.5. The molecule has 1 aliphatic carbocycles. The van der Waals surface area contributed by atoms with Gasteiger partial charge in [0, 0.05) is 16.2 Å². The minimum atomic E-state index is -0.131. The summed E-state index contributed by atoms with van der Waals surface area (Å²) in [5.74, 6) is 0. The molecule has 0 aliphatic heterocycles. The lowest BCUT2D eigenvalue weighted by atomic mass is 9.79. The highest BCUT2D eigenvalue weighted by atomic mass is 16.3. The zero-order chi connectivity index (χ0) is 41.1. The summed E-state index contributed by atoms with van der Waals surface area (Å²) in [4.78, 5) is 0. The van der Waals surface area contributed by atoms with Crippen LogP contribution in [0.4, 0.5) is 0 Å². The van der Waals surface area contributed by atoms with Gasteiger partial charge in [0.1, 0.15) is 11.2 Å². The molecule has 1 aromatic heterocycles. The quantitative estimate of drug-likeness (QED) is 0.128. The summed E-state index contributed by atoms with van der Waals surface area (Å²) in [6, 6.07) is 76.0. The van der Waals surface area contributed by atoms with Crippen LogP contribution in [0.1, 0.15) is 25.0 Å². The van der Waals surface area contributed by atoms with E-state index in [1.165, 1.54) is 110 Å². The zero-order valence-electron chi connectivity index (χ0n) is 34.5. The highest BCUT2D eigenvalue weighted by Gasteiger charge is 2.38. The van der Waals surface area contributed by atoms with Crippen LogP contribution in [-0.2, 0) is 5.41 Å². The van der Waals surface area contributed by atoms with Crippen molar-refractivity contribution in [2.24, 2.45) is 0 Å². The third-order valence-corrected chi connectivity index (χ3v) is 13.8. The molecule has 290 valence electrons. The molecule has 0 atom stereocenters. The van der Waals surface area contributed by atoms with Crippen molar-refractivity contribution in [2.45, 2.75) is 19.3 Å². The molecule has 0 bridgehead atoms. The summed E-state index contributed by atoms with van der Waals surface area (Å²) in [5.41, 5.74) is 16.9. The lowest BCUT2D eigenvalue weighted by Gasteiger charge is -2.24. The smallest absolute Gasteiger partial charge is 0.135 e. The van der Waals surface area contributed by atoms with Gasteiger partial charge in [-0.25, -0.2) is 0 Å². The van der Waals surface area contributed by atoms with Crippen molar-refractivity contribution in [3.8, 4) is 55.6 Å². The van der Waals surface area contributed by atoms with E-state index in [-0.39, 0.29) is 5.41 Å². The minimum absolute atomic E-state index is 0.131. The summed E-state index contributed by atoms with van der Waals surface area (Å²) < 4.78 is 6.56. The lowest BCUT2D eigenvalue weighted by Crippen LogP contribution is -2.15. The van der Waals surface area contributed by atoms with Gasteiger partial charge in [0.05, 0.1) is 0 Å². The third kappa shape index (κ3) is 5.03. The molecule has 0 saturated carbocycles. The van der Waals surface area contributed by atoms with E-state index in [1.807, 2.05) is 0 Å². The van der Waals surface area contributed by atoms with Crippen molar-refractivity contribution < 1.29 is 4.42 Å².